The minimum atomic E-state index is -1.84. The van der Waals surface area contributed by atoms with Crippen LogP contribution >= 0.6 is 11.6 Å². The van der Waals surface area contributed by atoms with E-state index in [0.717, 1.165) is 5.56 Å². The van der Waals surface area contributed by atoms with Gasteiger partial charge < -0.3 is 21.1 Å². The number of primary amides is 1. The Morgan fingerprint density at radius 2 is 1.88 bits per heavy atom. The fourth-order valence-electron chi connectivity index (χ4n) is 2.82. The van der Waals surface area contributed by atoms with Crippen LogP contribution in [0.3, 0.4) is 0 Å². The Hall–Kier alpha value is -2.57. The third kappa shape index (κ3) is 2.81. The maximum absolute atomic E-state index is 12.8. The minimum Gasteiger partial charge on any atom is -0.374 e. The maximum Gasteiger partial charge on any atom is 0.312 e. The number of benzene rings is 2. The summed E-state index contributed by atoms with van der Waals surface area (Å²) in [5.41, 5.74) is 5.15. The molecule has 3 rings (SSSR count). The lowest BCUT2D eigenvalue weighted by Crippen LogP contribution is -2.49. The Labute approximate surface area is 143 Å². The lowest BCUT2D eigenvalue weighted by molar-refractivity contribution is -0.135. The summed E-state index contributed by atoms with van der Waals surface area (Å²) in [6.45, 7) is 0.00119. The second-order valence-corrected chi connectivity index (χ2v) is 6.05. The van der Waals surface area contributed by atoms with Crippen LogP contribution in [0.4, 0.5) is 10.5 Å². The van der Waals surface area contributed by atoms with E-state index < -0.39 is 17.5 Å². The highest BCUT2D eigenvalue weighted by Gasteiger charge is 2.49. The number of carbonyl (C=O) groups excluding carboxylic acids is 2. The SMILES string of the molecule is NC(=O)NCC1(O)C(=O)N(Cc2ccc(Cl)cc2)c2ccccc21. The van der Waals surface area contributed by atoms with Gasteiger partial charge in [0.15, 0.2) is 5.60 Å². The van der Waals surface area contributed by atoms with Crippen molar-refractivity contribution >= 4 is 29.2 Å². The number of urea groups is 1. The van der Waals surface area contributed by atoms with Gasteiger partial charge in [0, 0.05) is 10.6 Å². The number of anilines is 1. The number of fused-ring (bicyclic) bond motifs is 1. The lowest BCUT2D eigenvalue weighted by atomic mass is 9.95. The van der Waals surface area contributed by atoms with Crippen molar-refractivity contribution in [3.8, 4) is 0 Å². The zero-order chi connectivity index (χ0) is 17.3. The average Bonchev–Trinajstić information content (AvgIpc) is 2.78. The third-order valence-electron chi connectivity index (χ3n) is 4.01. The van der Waals surface area contributed by atoms with Crippen LogP contribution in [0.25, 0.3) is 0 Å². The van der Waals surface area contributed by atoms with Gasteiger partial charge in [-0.2, -0.15) is 0 Å². The normalized spacial score (nSPS) is 19.2. The van der Waals surface area contributed by atoms with E-state index in [1.807, 2.05) is 12.1 Å². The number of carbonyl (C=O) groups is 2. The Bertz CT molecular complexity index is 794. The molecule has 2 aromatic carbocycles. The molecule has 0 saturated heterocycles. The fourth-order valence-corrected chi connectivity index (χ4v) is 2.95. The molecule has 1 aliphatic heterocycles. The van der Waals surface area contributed by atoms with Crippen molar-refractivity contribution in [3.63, 3.8) is 0 Å². The van der Waals surface area contributed by atoms with Gasteiger partial charge in [-0.1, -0.05) is 41.9 Å². The number of halogens is 1. The minimum absolute atomic E-state index is 0.282. The summed E-state index contributed by atoms with van der Waals surface area (Å²) < 4.78 is 0. The van der Waals surface area contributed by atoms with Crippen molar-refractivity contribution in [3.05, 3.63) is 64.7 Å². The first-order valence-electron chi connectivity index (χ1n) is 7.33. The molecule has 0 aliphatic carbocycles. The molecule has 0 saturated carbocycles. The molecule has 6 nitrogen and oxygen atoms in total. The van der Waals surface area contributed by atoms with Crippen LogP contribution in [0.1, 0.15) is 11.1 Å². The van der Waals surface area contributed by atoms with Gasteiger partial charge in [-0.15, -0.1) is 0 Å². The average molecular weight is 346 g/mol. The summed E-state index contributed by atoms with van der Waals surface area (Å²) in [5.74, 6) is -0.507. The van der Waals surface area contributed by atoms with Crippen molar-refractivity contribution < 1.29 is 14.7 Å². The van der Waals surface area contributed by atoms with E-state index in [0.29, 0.717) is 16.3 Å². The molecule has 24 heavy (non-hydrogen) atoms. The highest BCUT2D eigenvalue weighted by atomic mass is 35.5. The van der Waals surface area contributed by atoms with Crippen LogP contribution in [-0.2, 0) is 16.9 Å². The molecular weight excluding hydrogens is 330 g/mol. The smallest absolute Gasteiger partial charge is 0.312 e. The second-order valence-electron chi connectivity index (χ2n) is 5.61. The highest BCUT2D eigenvalue weighted by molar-refractivity contribution is 6.30. The standard InChI is InChI=1S/C17H16ClN3O3/c18-12-7-5-11(6-8-12)9-21-14-4-2-1-3-13(14)17(24,15(21)22)10-20-16(19)23/h1-8,24H,9-10H2,(H3,19,20,23). The predicted octanol–water partition coefficient (Wildman–Crippen LogP) is 1.74. The quantitative estimate of drug-likeness (QED) is 0.787. The number of nitrogens with one attached hydrogen (secondary N) is 1. The van der Waals surface area contributed by atoms with Gasteiger partial charge in [-0.05, 0) is 23.8 Å². The topological polar surface area (TPSA) is 95.7 Å². The van der Waals surface area contributed by atoms with Gasteiger partial charge >= 0.3 is 6.03 Å². The molecule has 1 atom stereocenters. The Morgan fingerprint density at radius 3 is 2.54 bits per heavy atom. The van der Waals surface area contributed by atoms with E-state index in [1.165, 1.54) is 4.90 Å². The van der Waals surface area contributed by atoms with E-state index in [4.69, 9.17) is 17.3 Å². The number of amides is 3. The van der Waals surface area contributed by atoms with E-state index >= 15 is 0 Å². The highest BCUT2D eigenvalue weighted by Crippen LogP contribution is 2.40. The molecule has 0 aromatic heterocycles. The van der Waals surface area contributed by atoms with Gasteiger partial charge in [-0.25, -0.2) is 4.79 Å². The molecular formula is C17H16ClN3O3. The fraction of sp³-hybridized carbons (Fsp3) is 0.176. The third-order valence-corrected chi connectivity index (χ3v) is 4.26. The molecule has 2 aromatic rings. The second kappa shape index (κ2) is 6.14. The summed E-state index contributed by atoms with van der Waals surface area (Å²) in [4.78, 5) is 25.3. The van der Waals surface area contributed by atoms with E-state index in [1.54, 1.807) is 36.4 Å². The van der Waals surface area contributed by atoms with Crippen molar-refractivity contribution in [2.75, 3.05) is 11.4 Å². The molecule has 1 unspecified atom stereocenters. The number of hydrogen-bond acceptors (Lipinski definition) is 3. The Morgan fingerprint density at radius 1 is 1.21 bits per heavy atom. The number of nitrogens with zero attached hydrogens (tertiary/aromatic N) is 1. The zero-order valence-corrected chi connectivity index (χ0v) is 13.5. The molecule has 124 valence electrons. The maximum atomic E-state index is 12.8. The molecule has 3 amide bonds. The van der Waals surface area contributed by atoms with Crippen LogP contribution in [-0.4, -0.2) is 23.6 Å². The van der Waals surface area contributed by atoms with Crippen LogP contribution < -0.4 is 16.0 Å². The first-order valence-corrected chi connectivity index (χ1v) is 7.71. The van der Waals surface area contributed by atoms with Crippen LogP contribution in [0.5, 0.6) is 0 Å². The van der Waals surface area contributed by atoms with Gasteiger partial charge in [0.2, 0.25) is 0 Å². The van der Waals surface area contributed by atoms with E-state index in [-0.39, 0.29) is 13.1 Å². The molecule has 1 aliphatic rings. The number of aliphatic hydroxyl groups is 1. The summed E-state index contributed by atoms with van der Waals surface area (Å²) in [5, 5.41) is 13.8. The van der Waals surface area contributed by atoms with Crippen LogP contribution in [0.2, 0.25) is 5.02 Å². The van der Waals surface area contributed by atoms with Crippen LogP contribution in [0.15, 0.2) is 48.5 Å². The van der Waals surface area contributed by atoms with E-state index in [9.17, 15) is 14.7 Å². The summed E-state index contributed by atoms with van der Waals surface area (Å²) in [6.07, 6.45) is 0. The van der Waals surface area contributed by atoms with Crippen molar-refractivity contribution in [2.24, 2.45) is 5.73 Å². The Balaban J connectivity index is 1.95. The largest absolute Gasteiger partial charge is 0.374 e. The molecule has 0 fully saturated rings. The molecule has 1 heterocycles. The molecule has 4 N–H and O–H groups in total. The number of para-hydroxylation sites is 1. The first kappa shape index (κ1) is 16.3. The summed E-state index contributed by atoms with van der Waals surface area (Å²) >= 11 is 5.88. The summed E-state index contributed by atoms with van der Waals surface area (Å²) in [6, 6.07) is 13.2. The number of rotatable bonds is 4. The number of nitrogens with two attached hydrogens (primary N) is 1. The van der Waals surface area contributed by atoms with Crippen molar-refractivity contribution in [2.45, 2.75) is 12.1 Å². The van der Waals surface area contributed by atoms with E-state index in [2.05, 4.69) is 5.32 Å². The summed E-state index contributed by atoms with van der Waals surface area (Å²) in [7, 11) is 0. The molecule has 7 heteroatoms. The van der Waals surface area contributed by atoms with Gasteiger partial charge in [-0.3, -0.25) is 4.79 Å². The predicted molar refractivity (Wildman–Crippen MR) is 90.6 cm³/mol. The van der Waals surface area contributed by atoms with Gasteiger partial charge in [0.05, 0.1) is 18.8 Å². The van der Waals surface area contributed by atoms with Gasteiger partial charge in [0.25, 0.3) is 5.91 Å². The van der Waals surface area contributed by atoms with Gasteiger partial charge in [0.1, 0.15) is 0 Å². The van der Waals surface area contributed by atoms with Crippen molar-refractivity contribution in [1.29, 1.82) is 0 Å². The number of hydrogen-bond donors (Lipinski definition) is 3. The monoisotopic (exact) mass is 345 g/mol. The Kier molecular flexibility index (Phi) is 4.17. The lowest BCUT2D eigenvalue weighted by Gasteiger charge is -2.23. The zero-order valence-electron chi connectivity index (χ0n) is 12.7. The van der Waals surface area contributed by atoms with Crippen molar-refractivity contribution in [1.82, 2.24) is 5.32 Å². The first-order chi connectivity index (χ1) is 11.4. The molecule has 0 spiro atoms. The van der Waals surface area contributed by atoms with Crippen LogP contribution in [0, 0.1) is 0 Å². The molecule has 0 radical (unpaired) electrons. The molecule has 0 bridgehead atoms.